The number of carbonyl (C=O) groups is 1. The summed E-state index contributed by atoms with van der Waals surface area (Å²) < 4.78 is 3.58. The molecule has 0 aliphatic heterocycles. The first-order valence-electron chi connectivity index (χ1n) is 11.3. The molecule has 5 aromatic rings. The maximum Gasteiger partial charge on any atom is 0.274 e. The van der Waals surface area contributed by atoms with E-state index in [4.69, 9.17) is 5.10 Å². The largest absolute Gasteiger partial charge is 0.347 e. The van der Waals surface area contributed by atoms with Gasteiger partial charge in [0.05, 0.1) is 11.9 Å². The zero-order chi connectivity index (χ0) is 23.8. The highest BCUT2D eigenvalue weighted by Gasteiger charge is 2.22. The summed E-state index contributed by atoms with van der Waals surface area (Å²) in [6.45, 7) is 2.64. The van der Waals surface area contributed by atoms with Gasteiger partial charge in [-0.15, -0.1) is 0 Å². The van der Waals surface area contributed by atoms with Crippen LogP contribution in [0.5, 0.6) is 0 Å². The van der Waals surface area contributed by atoms with Crippen LogP contribution in [-0.2, 0) is 17.9 Å². The molecule has 2 heterocycles. The highest BCUT2D eigenvalue weighted by atomic mass is 16.2. The Hall–Kier alpha value is -4.19. The van der Waals surface area contributed by atoms with Crippen LogP contribution in [-0.4, -0.2) is 39.3 Å². The van der Waals surface area contributed by atoms with E-state index in [1.165, 1.54) is 0 Å². The van der Waals surface area contributed by atoms with Gasteiger partial charge < -0.3 is 9.47 Å². The fraction of sp³-hybridized carbons (Fsp3) is 0.179. The van der Waals surface area contributed by atoms with Crippen molar-refractivity contribution in [3.8, 4) is 11.3 Å². The van der Waals surface area contributed by atoms with Gasteiger partial charge in [-0.2, -0.15) is 5.10 Å². The van der Waals surface area contributed by atoms with Crippen LogP contribution in [0.4, 0.5) is 0 Å². The van der Waals surface area contributed by atoms with E-state index in [1.807, 2.05) is 84.3 Å². The standard InChI is InChI=1S/C28H26N4O2/c1-19-26(23-15-9-10-16-24(23)31(19)18-25(33)30(2)3)27-21-13-7-8-14-22(21)28(34)32(29-27)17-20-11-5-4-6-12-20/h4-16H,17-18H2,1-3H3. The third kappa shape index (κ3) is 3.67. The van der Waals surface area contributed by atoms with Gasteiger partial charge in [0.1, 0.15) is 12.2 Å². The van der Waals surface area contributed by atoms with Crippen LogP contribution in [0.25, 0.3) is 32.9 Å². The smallest absolute Gasteiger partial charge is 0.274 e. The average molecular weight is 451 g/mol. The Balaban J connectivity index is 1.79. The summed E-state index contributed by atoms with van der Waals surface area (Å²) in [7, 11) is 3.53. The topological polar surface area (TPSA) is 60.1 Å². The summed E-state index contributed by atoms with van der Waals surface area (Å²) in [6.07, 6.45) is 0. The van der Waals surface area contributed by atoms with Crippen LogP contribution in [0.1, 0.15) is 11.3 Å². The molecule has 0 bridgehead atoms. The lowest BCUT2D eigenvalue weighted by molar-refractivity contribution is -0.129. The summed E-state index contributed by atoms with van der Waals surface area (Å²) in [5.41, 5.74) is 4.49. The van der Waals surface area contributed by atoms with Gasteiger partial charge in [-0.25, -0.2) is 4.68 Å². The Bertz CT molecular complexity index is 1580. The molecule has 0 aliphatic rings. The summed E-state index contributed by atoms with van der Waals surface area (Å²) in [5, 5.41) is 7.34. The molecule has 0 spiro atoms. The van der Waals surface area contributed by atoms with E-state index in [0.29, 0.717) is 11.9 Å². The Kier molecular flexibility index (Phi) is 5.49. The Morgan fingerprint density at radius 2 is 1.47 bits per heavy atom. The van der Waals surface area contributed by atoms with Crippen LogP contribution >= 0.6 is 0 Å². The lowest BCUT2D eigenvalue weighted by atomic mass is 10.0. The van der Waals surface area contributed by atoms with E-state index in [2.05, 4.69) is 6.07 Å². The van der Waals surface area contributed by atoms with Gasteiger partial charge >= 0.3 is 0 Å². The van der Waals surface area contributed by atoms with Gasteiger partial charge in [-0.3, -0.25) is 9.59 Å². The Labute approximate surface area is 197 Å². The van der Waals surface area contributed by atoms with Gasteiger partial charge in [0, 0.05) is 41.6 Å². The Morgan fingerprint density at radius 1 is 0.853 bits per heavy atom. The predicted octanol–water partition coefficient (Wildman–Crippen LogP) is 4.46. The number of nitrogens with zero attached hydrogens (tertiary/aromatic N) is 4. The monoisotopic (exact) mass is 450 g/mol. The normalized spacial score (nSPS) is 11.3. The lowest BCUT2D eigenvalue weighted by Crippen LogP contribution is -2.26. The maximum atomic E-state index is 13.3. The van der Waals surface area contributed by atoms with Crippen molar-refractivity contribution in [1.29, 1.82) is 0 Å². The van der Waals surface area contributed by atoms with E-state index in [1.54, 1.807) is 23.7 Å². The van der Waals surface area contributed by atoms with E-state index in [0.717, 1.165) is 38.8 Å². The number of para-hydroxylation sites is 1. The second-order valence-electron chi connectivity index (χ2n) is 8.69. The minimum Gasteiger partial charge on any atom is -0.347 e. The zero-order valence-corrected chi connectivity index (χ0v) is 19.5. The van der Waals surface area contributed by atoms with Crippen molar-refractivity contribution in [3.63, 3.8) is 0 Å². The summed E-state index contributed by atoms with van der Waals surface area (Å²) >= 11 is 0. The number of benzene rings is 3. The molecule has 34 heavy (non-hydrogen) atoms. The number of aromatic nitrogens is 3. The second-order valence-corrected chi connectivity index (χ2v) is 8.69. The zero-order valence-electron chi connectivity index (χ0n) is 19.5. The molecule has 0 atom stereocenters. The highest BCUT2D eigenvalue weighted by molar-refractivity contribution is 6.05. The van der Waals surface area contributed by atoms with Crippen molar-refractivity contribution < 1.29 is 4.79 Å². The molecule has 2 aromatic heterocycles. The number of likely N-dealkylation sites (N-methyl/N-ethyl adjacent to an activating group) is 1. The average Bonchev–Trinajstić information content (AvgIpc) is 3.12. The van der Waals surface area contributed by atoms with Crippen molar-refractivity contribution in [1.82, 2.24) is 19.2 Å². The molecular weight excluding hydrogens is 424 g/mol. The predicted molar refractivity (Wildman–Crippen MR) is 136 cm³/mol. The SMILES string of the molecule is Cc1c(-c2nn(Cc3ccccc3)c(=O)c3ccccc23)c2ccccc2n1CC(=O)N(C)C. The van der Waals surface area contributed by atoms with Crippen LogP contribution in [0, 0.1) is 6.92 Å². The summed E-state index contributed by atoms with van der Waals surface area (Å²) in [4.78, 5) is 27.5. The van der Waals surface area contributed by atoms with Gasteiger partial charge in [0.2, 0.25) is 5.91 Å². The third-order valence-electron chi connectivity index (χ3n) is 6.30. The van der Waals surface area contributed by atoms with E-state index >= 15 is 0 Å². The molecule has 1 amide bonds. The molecule has 170 valence electrons. The second kappa shape index (κ2) is 8.63. The number of carbonyl (C=O) groups excluding carboxylic acids is 1. The summed E-state index contributed by atoms with van der Waals surface area (Å²) in [5.74, 6) is 0.0160. The quantitative estimate of drug-likeness (QED) is 0.397. The minimum atomic E-state index is -0.118. The molecule has 0 saturated heterocycles. The first-order valence-corrected chi connectivity index (χ1v) is 11.3. The molecule has 0 saturated carbocycles. The third-order valence-corrected chi connectivity index (χ3v) is 6.30. The molecule has 0 aliphatic carbocycles. The molecular formula is C28H26N4O2. The van der Waals surface area contributed by atoms with Crippen molar-refractivity contribution >= 4 is 27.6 Å². The van der Waals surface area contributed by atoms with E-state index in [9.17, 15) is 9.59 Å². The number of amides is 1. The van der Waals surface area contributed by atoms with Crippen LogP contribution in [0.15, 0.2) is 83.7 Å². The molecule has 0 N–H and O–H groups in total. The van der Waals surface area contributed by atoms with Crippen LogP contribution in [0.3, 0.4) is 0 Å². The Morgan fingerprint density at radius 3 is 2.18 bits per heavy atom. The molecule has 6 heteroatoms. The van der Waals surface area contributed by atoms with Crippen molar-refractivity contribution in [2.45, 2.75) is 20.0 Å². The summed E-state index contributed by atoms with van der Waals surface area (Å²) in [6, 6.07) is 25.5. The van der Waals surface area contributed by atoms with Gasteiger partial charge in [0.15, 0.2) is 0 Å². The van der Waals surface area contributed by atoms with Crippen molar-refractivity contribution in [3.05, 3.63) is 100 Å². The van der Waals surface area contributed by atoms with Crippen molar-refractivity contribution in [2.24, 2.45) is 0 Å². The fourth-order valence-corrected chi connectivity index (χ4v) is 4.49. The van der Waals surface area contributed by atoms with Gasteiger partial charge in [0.25, 0.3) is 5.56 Å². The fourth-order valence-electron chi connectivity index (χ4n) is 4.49. The number of hydrogen-bond donors (Lipinski definition) is 0. The maximum absolute atomic E-state index is 13.3. The van der Waals surface area contributed by atoms with Gasteiger partial charge in [-0.1, -0.05) is 66.7 Å². The lowest BCUT2D eigenvalue weighted by Gasteiger charge is -2.14. The number of hydrogen-bond acceptors (Lipinski definition) is 3. The number of rotatable bonds is 5. The van der Waals surface area contributed by atoms with Crippen LogP contribution in [0.2, 0.25) is 0 Å². The van der Waals surface area contributed by atoms with Crippen molar-refractivity contribution in [2.75, 3.05) is 14.1 Å². The van der Waals surface area contributed by atoms with E-state index < -0.39 is 0 Å². The molecule has 0 radical (unpaired) electrons. The first-order chi connectivity index (χ1) is 16.5. The highest BCUT2D eigenvalue weighted by Crippen LogP contribution is 2.36. The minimum absolute atomic E-state index is 0.0160. The molecule has 3 aromatic carbocycles. The van der Waals surface area contributed by atoms with Gasteiger partial charge in [-0.05, 0) is 24.6 Å². The number of fused-ring (bicyclic) bond motifs is 2. The molecule has 0 unspecified atom stereocenters. The molecule has 6 nitrogen and oxygen atoms in total. The van der Waals surface area contributed by atoms with E-state index in [-0.39, 0.29) is 18.0 Å². The molecule has 5 rings (SSSR count). The first kappa shape index (κ1) is 21.6. The molecule has 0 fully saturated rings. The van der Waals surface area contributed by atoms with Crippen LogP contribution < -0.4 is 5.56 Å².